The standard InChI is InChI=1S/C22H33N3O2/c26-22(20-9-5-15-25(20)18-11-13-23-14-12-18)24-19-8-4-10-21(19)27-16-17-6-2-1-3-7-17/h1-3,6-7,18-21,23H,4-5,8-16H2,(H,24,26)/t19-,20+,21-/m1/s1. The number of ether oxygens (including phenoxy) is 1. The van der Waals surface area contributed by atoms with Gasteiger partial charge in [0.05, 0.1) is 24.8 Å². The lowest BCUT2D eigenvalue weighted by molar-refractivity contribution is -0.128. The fourth-order valence-electron chi connectivity index (χ4n) is 4.99. The van der Waals surface area contributed by atoms with Crippen molar-refractivity contribution in [2.24, 2.45) is 0 Å². The van der Waals surface area contributed by atoms with Crippen LogP contribution in [0.25, 0.3) is 0 Å². The number of amides is 1. The molecule has 148 valence electrons. The highest BCUT2D eigenvalue weighted by molar-refractivity contribution is 5.82. The molecule has 1 aromatic rings. The van der Waals surface area contributed by atoms with E-state index in [2.05, 4.69) is 27.7 Å². The van der Waals surface area contributed by atoms with Crippen LogP contribution in [-0.2, 0) is 16.1 Å². The van der Waals surface area contributed by atoms with Crippen LogP contribution in [0.5, 0.6) is 0 Å². The lowest BCUT2D eigenvalue weighted by Gasteiger charge is -2.35. The maximum atomic E-state index is 13.1. The highest BCUT2D eigenvalue weighted by Gasteiger charge is 2.38. The minimum absolute atomic E-state index is 0.0588. The predicted octanol–water partition coefficient (Wildman–Crippen LogP) is 2.46. The van der Waals surface area contributed by atoms with Gasteiger partial charge in [-0.2, -0.15) is 0 Å². The highest BCUT2D eigenvalue weighted by Crippen LogP contribution is 2.27. The van der Waals surface area contributed by atoms with E-state index in [4.69, 9.17) is 4.74 Å². The van der Waals surface area contributed by atoms with E-state index in [1.165, 1.54) is 5.56 Å². The number of hydrogen-bond acceptors (Lipinski definition) is 4. The van der Waals surface area contributed by atoms with E-state index in [0.717, 1.165) is 64.6 Å². The monoisotopic (exact) mass is 371 g/mol. The SMILES string of the molecule is O=C(N[C@@H]1CCC[C@H]1OCc1ccccc1)[C@@H]1CCCN1C1CCNCC1. The molecule has 2 aliphatic heterocycles. The minimum atomic E-state index is 0.0588. The van der Waals surface area contributed by atoms with Crippen molar-refractivity contribution in [3.63, 3.8) is 0 Å². The molecule has 0 spiro atoms. The molecule has 0 unspecified atom stereocenters. The van der Waals surface area contributed by atoms with Crippen molar-refractivity contribution >= 4 is 5.91 Å². The first-order valence-corrected chi connectivity index (χ1v) is 10.7. The number of benzene rings is 1. The Bertz CT molecular complexity index is 603. The van der Waals surface area contributed by atoms with Gasteiger partial charge in [0.1, 0.15) is 0 Å². The molecular weight excluding hydrogens is 338 g/mol. The van der Waals surface area contributed by atoms with Crippen LogP contribution < -0.4 is 10.6 Å². The number of carbonyl (C=O) groups is 1. The highest BCUT2D eigenvalue weighted by atomic mass is 16.5. The number of nitrogens with one attached hydrogen (secondary N) is 2. The van der Waals surface area contributed by atoms with Crippen LogP contribution in [0.2, 0.25) is 0 Å². The van der Waals surface area contributed by atoms with Crippen LogP contribution in [0.1, 0.15) is 50.5 Å². The predicted molar refractivity (Wildman–Crippen MR) is 106 cm³/mol. The van der Waals surface area contributed by atoms with Gasteiger partial charge >= 0.3 is 0 Å². The largest absolute Gasteiger partial charge is 0.371 e. The minimum Gasteiger partial charge on any atom is -0.371 e. The average molecular weight is 372 g/mol. The smallest absolute Gasteiger partial charge is 0.237 e. The normalized spacial score (nSPS) is 29.9. The van der Waals surface area contributed by atoms with Gasteiger partial charge in [-0.3, -0.25) is 9.69 Å². The Morgan fingerprint density at radius 3 is 2.70 bits per heavy atom. The molecule has 3 fully saturated rings. The second kappa shape index (κ2) is 9.18. The number of likely N-dealkylation sites (tertiary alicyclic amines) is 1. The lowest BCUT2D eigenvalue weighted by atomic mass is 10.0. The van der Waals surface area contributed by atoms with Gasteiger partial charge in [0, 0.05) is 6.04 Å². The number of piperidine rings is 1. The Labute approximate surface area is 162 Å². The van der Waals surface area contributed by atoms with Gasteiger partial charge in [0.2, 0.25) is 5.91 Å². The van der Waals surface area contributed by atoms with Gasteiger partial charge < -0.3 is 15.4 Å². The molecule has 2 heterocycles. The first-order chi connectivity index (χ1) is 13.3. The van der Waals surface area contributed by atoms with E-state index in [-0.39, 0.29) is 24.1 Å². The summed E-state index contributed by atoms with van der Waals surface area (Å²) in [5, 5.41) is 6.79. The Hall–Kier alpha value is -1.43. The molecule has 0 bridgehead atoms. The summed E-state index contributed by atoms with van der Waals surface area (Å²) in [6.07, 6.45) is 7.81. The summed E-state index contributed by atoms with van der Waals surface area (Å²) in [6.45, 7) is 3.85. The van der Waals surface area contributed by atoms with Gasteiger partial charge in [0.15, 0.2) is 0 Å². The zero-order chi connectivity index (χ0) is 18.5. The molecule has 5 nitrogen and oxygen atoms in total. The lowest BCUT2D eigenvalue weighted by Crippen LogP contribution is -2.53. The summed E-state index contributed by atoms with van der Waals surface area (Å²) in [4.78, 5) is 15.5. The van der Waals surface area contributed by atoms with Crippen molar-refractivity contribution in [3.8, 4) is 0 Å². The summed E-state index contributed by atoms with van der Waals surface area (Å²) in [5.74, 6) is 0.228. The molecule has 1 saturated carbocycles. The average Bonchev–Trinajstić information content (AvgIpc) is 3.37. The summed E-state index contributed by atoms with van der Waals surface area (Å²) in [6, 6.07) is 11.1. The van der Waals surface area contributed by atoms with E-state index < -0.39 is 0 Å². The second-order valence-corrected chi connectivity index (χ2v) is 8.26. The van der Waals surface area contributed by atoms with E-state index in [1.54, 1.807) is 0 Å². The molecule has 2 N–H and O–H groups in total. The summed E-state index contributed by atoms with van der Waals surface area (Å²) >= 11 is 0. The van der Waals surface area contributed by atoms with Crippen molar-refractivity contribution in [1.29, 1.82) is 0 Å². The molecule has 0 radical (unpaired) electrons. The third-order valence-corrected chi connectivity index (χ3v) is 6.46. The van der Waals surface area contributed by atoms with Crippen molar-refractivity contribution in [2.75, 3.05) is 19.6 Å². The molecule has 27 heavy (non-hydrogen) atoms. The van der Waals surface area contributed by atoms with Gasteiger partial charge in [0.25, 0.3) is 0 Å². The van der Waals surface area contributed by atoms with E-state index >= 15 is 0 Å². The number of hydrogen-bond donors (Lipinski definition) is 2. The topological polar surface area (TPSA) is 53.6 Å². The Kier molecular flexibility index (Phi) is 6.43. The zero-order valence-corrected chi connectivity index (χ0v) is 16.2. The van der Waals surface area contributed by atoms with Crippen molar-refractivity contribution in [3.05, 3.63) is 35.9 Å². The third kappa shape index (κ3) is 4.71. The van der Waals surface area contributed by atoms with Crippen molar-refractivity contribution < 1.29 is 9.53 Å². The maximum absolute atomic E-state index is 13.1. The molecule has 4 rings (SSSR count). The van der Waals surface area contributed by atoms with Crippen LogP contribution in [-0.4, -0.2) is 54.7 Å². The molecule has 1 aliphatic carbocycles. The van der Waals surface area contributed by atoms with Gasteiger partial charge in [-0.15, -0.1) is 0 Å². The van der Waals surface area contributed by atoms with E-state index in [9.17, 15) is 4.79 Å². The van der Waals surface area contributed by atoms with Crippen molar-refractivity contribution in [1.82, 2.24) is 15.5 Å². The molecule has 0 aromatic heterocycles. The Morgan fingerprint density at radius 2 is 1.89 bits per heavy atom. The van der Waals surface area contributed by atoms with Crippen LogP contribution in [0.15, 0.2) is 30.3 Å². The molecule has 3 aliphatic rings. The van der Waals surface area contributed by atoms with Gasteiger partial charge in [-0.25, -0.2) is 0 Å². The summed E-state index contributed by atoms with van der Waals surface area (Å²) in [7, 11) is 0. The van der Waals surface area contributed by atoms with E-state index in [1.807, 2.05) is 18.2 Å². The number of carbonyl (C=O) groups excluding carboxylic acids is 1. The van der Waals surface area contributed by atoms with Crippen LogP contribution >= 0.6 is 0 Å². The molecule has 1 aromatic carbocycles. The molecule has 1 amide bonds. The summed E-state index contributed by atoms with van der Waals surface area (Å²) in [5.41, 5.74) is 1.20. The second-order valence-electron chi connectivity index (χ2n) is 8.26. The third-order valence-electron chi connectivity index (χ3n) is 6.46. The number of rotatable bonds is 6. The fraction of sp³-hybridized carbons (Fsp3) is 0.682. The maximum Gasteiger partial charge on any atom is 0.237 e. The Balaban J connectivity index is 1.31. The quantitative estimate of drug-likeness (QED) is 0.807. The number of nitrogens with zero attached hydrogens (tertiary/aromatic N) is 1. The van der Waals surface area contributed by atoms with Gasteiger partial charge in [-0.05, 0) is 70.1 Å². The van der Waals surface area contributed by atoms with Crippen LogP contribution in [0.4, 0.5) is 0 Å². The van der Waals surface area contributed by atoms with E-state index in [0.29, 0.717) is 12.6 Å². The molecule has 5 heteroatoms. The van der Waals surface area contributed by atoms with Gasteiger partial charge in [-0.1, -0.05) is 30.3 Å². The summed E-state index contributed by atoms with van der Waals surface area (Å²) < 4.78 is 6.17. The molecule has 2 saturated heterocycles. The Morgan fingerprint density at radius 1 is 1.07 bits per heavy atom. The first-order valence-electron chi connectivity index (χ1n) is 10.7. The van der Waals surface area contributed by atoms with Crippen molar-refractivity contribution in [2.45, 2.75) is 75.8 Å². The van der Waals surface area contributed by atoms with Crippen LogP contribution in [0.3, 0.4) is 0 Å². The first kappa shape index (κ1) is 18.9. The fourth-order valence-corrected chi connectivity index (χ4v) is 4.99. The zero-order valence-electron chi connectivity index (χ0n) is 16.2. The van der Waals surface area contributed by atoms with Crippen LogP contribution in [0, 0.1) is 0 Å². The molecule has 3 atom stereocenters. The molecular formula is C22H33N3O2.